The fraction of sp³-hybridized carbons (Fsp3) is 0.500. The van der Waals surface area contributed by atoms with Crippen LogP contribution in [-0.4, -0.2) is 47.8 Å². The molecular weight excluding hydrogens is 258 g/mol. The lowest BCUT2D eigenvalue weighted by Crippen LogP contribution is -2.47. The Morgan fingerprint density at radius 3 is 2.85 bits per heavy atom. The van der Waals surface area contributed by atoms with Gasteiger partial charge < -0.3 is 21.3 Å². The SMILES string of the molecule is CC1CN(Cc2ccc(C(N)=O)cc2N)CC(CO)O1. The van der Waals surface area contributed by atoms with Gasteiger partial charge in [-0.2, -0.15) is 0 Å². The van der Waals surface area contributed by atoms with Gasteiger partial charge in [0.15, 0.2) is 0 Å². The monoisotopic (exact) mass is 279 g/mol. The van der Waals surface area contributed by atoms with Crippen LogP contribution in [0.25, 0.3) is 0 Å². The molecule has 1 amide bonds. The maximum absolute atomic E-state index is 11.1. The normalized spacial score (nSPS) is 23.7. The van der Waals surface area contributed by atoms with E-state index < -0.39 is 5.91 Å². The molecule has 0 aromatic heterocycles. The first-order valence-corrected chi connectivity index (χ1v) is 6.66. The third-order valence-corrected chi connectivity index (χ3v) is 3.43. The first kappa shape index (κ1) is 14.8. The van der Waals surface area contributed by atoms with Crippen molar-refractivity contribution in [3.8, 4) is 0 Å². The fourth-order valence-corrected chi connectivity index (χ4v) is 2.50. The van der Waals surface area contributed by atoms with Gasteiger partial charge in [-0.3, -0.25) is 9.69 Å². The number of morpholine rings is 1. The molecule has 20 heavy (non-hydrogen) atoms. The second-order valence-corrected chi connectivity index (χ2v) is 5.22. The Labute approximate surface area is 118 Å². The minimum Gasteiger partial charge on any atom is -0.398 e. The zero-order valence-electron chi connectivity index (χ0n) is 11.6. The van der Waals surface area contributed by atoms with E-state index in [2.05, 4.69) is 4.90 Å². The van der Waals surface area contributed by atoms with Crippen LogP contribution in [0.15, 0.2) is 18.2 Å². The first-order chi connectivity index (χ1) is 9.49. The van der Waals surface area contributed by atoms with Gasteiger partial charge in [-0.25, -0.2) is 0 Å². The summed E-state index contributed by atoms with van der Waals surface area (Å²) in [4.78, 5) is 13.3. The summed E-state index contributed by atoms with van der Waals surface area (Å²) in [5.41, 5.74) is 13.1. The van der Waals surface area contributed by atoms with Crippen molar-refractivity contribution in [2.24, 2.45) is 5.73 Å². The lowest BCUT2D eigenvalue weighted by atomic mass is 10.1. The minimum atomic E-state index is -0.483. The quantitative estimate of drug-likeness (QED) is 0.671. The number of amides is 1. The molecule has 2 unspecified atom stereocenters. The van der Waals surface area contributed by atoms with E-state index in [0.717, 1.165) is 12.1 Å². The Hall–Kier alpha value is -1.63. The van der Waals surface area contributed by atoms with Crippen molar-refractivity contribution in [2.75, 3.05) is 25.4 Å². The first-order valence-electron chi connectivity index (χ1n) is 6.66. The van der Waals surface area contributed by atoms with E-state index in [1.165, 1.54) is 0 Å². The average molecular weight is 279 g/mol. The van der Waals surface area contributed by atoms with Gasteiger partial charge >= 0.3 is 0 Å². The zero-order chi connectivity index (χ0) is 14.7. The third-order valence-electron chi connectivity index (χ3n) is 3.43. The number of hydrogen-bond donors (Lipinski definition) is 3. The Bertz CT molecular complexity index is 493. The largest absolute Gasteiger partial charge is 0.398 e. The van der Waals surface area contributed by atoms with Gasteiger partial charge in [0.25, 0.3) is 0 Å². The van der Waals surface area contributed by atoms with Crippen LogP contribution in [0.4, 0.5) is 5.69 Å². The van der Waals surface area contributed by atoms with Crippen LogP contribution in [0.3, 0.4) is 0 Å². The number of aliphatic hydroxyl groups is 1. The molecule has 1 aromatic rings. The number of anilines is 1. The molecule has 2 rings (SSSR count). The molecule has 2 atom stereocenters. The molecule has 0 spiro atoms. The van der Waals surface area contributed by atoms with Gasteiger partial charge in [0.05, 0.1) is 18.8 Å². The number of ether oxygens (including phenoxy) is 1. The summed E-state index contributed by atoms with van der Waals surface area (Å²) in [5, 5.41) is 9.22. The predicted molar refractivity (Wildman–Crippen MR) is 76.1 cm³/mol. The number of nitrogen functional groups attached to an aromatic ring is 1. The van der Waals surface area contributed by atoms with Gasteiger partial charge in [-0.05, 0) is 24.6 Å². The molecule has 6 nitrogen and oxygen atoms in total. The van der Waals surface area contributed by atoms with Crippen molar-refractivity contribution < 1.29 is 14.6 Å². The molecular formula is C14H21N3O3. The summed E-state index contributed by atoms with van der Waals surface area (Å²) in [6.45, 7) is 4.10. The maximum atomic E-state index is 11.1. The summed E-state index contributed by atoms with van der Waals surface area (Å²) in [5.74, 6) is -0.483. The molecule has 110 valence electrons. The second-order valence-electron chi connectivity index (χ2n) is 5.22. The molecule has 0 aliphatic carbocycles. The molecule has 1 heterocycles. The number of aliphatic hydroxyl groups excluding tert-OH is 1. The number of carbonyl (C=O) groups excluding carboxylic acids is 1. The zero-order valence-corrected chi connectivity index (χ0v) is 11.6. The Kier molecular flexibility index (Phi) is 4.59. The lowest BCUT2D eigenvalue weighted by molar-refractivity contribution is -0.0972. The third kappa shape index (κ3) is 3.47. The molecule has 1 saturated heterocycles. The Balaban J connectivity index is 2.07. The van der Waals surface area contributed by atoms with Crippen LogP contribution in [0.5, 0.6) is 0 Å². The number of rotatable bonds is 4. The van der Waals surface area contributed by atoms with Gasteiger partial charge in [-0.15, -0.1) is 0 Å². The maximum Gasteiger partial charge on any atom is 0.248 e. The van der Waals surface area contributed by atoms with Crippen molar-refractivity contribution in [1.82, 2.24) is 4.90 Å². The van der Waals surface area contributed by atoms with Crippen LogP contribution >= 0.6 is 0 Å². The van der Waals surface area contributed by atoms with E-state index in [1.807, 2.05) is 13.0 Å². The van der Waals surface area contributed by atoms with Gasteiger partial charge in [0.2, 0.25) is 5.91 Å². The topological polar surface area (TPSA) is 102 Å². The van der Waals surface area contributed by atoms with E-state index in [1.54, 1.807) is 12.1 Å². The fourth-order valence-electron chi connectivity index (χ4n) is 2.50. The molecule has 0 bridgehead atoms. The summed E-state index contributed by atoms with van der Waals surface area (Å²) in [6.07, 6.45) is -0.0862. The molecule has 0 saturated carbocycles. The van der Waals surface area contributed by atoms with Crippen LogP contribution in [0.1, 0.15) is 22.8 Å². The highest BCUT2D eigenvalue weighted by Crippen LogP contribution is 2.19. The molecule has 1 aliphatic rings. The van der Waals surface area contributed by atoms with E-state index in [0.29, 0.717) is 24.3 Å². The molecule has 1 fully saturated rings. The van der Waals surface area contributed by atoms with Crippen molar-refractivity contribution in [3.63, 3.8) is 0 Å². The van der Waals surface area contributed by atoms with E-state index in [9.17, 15) is 9.90 Å². The molecule has 0 radical (unpaired) electrons. The highest BCUT2D eigenvalue weighted by molar-refractivity contribution is 5.93. The highest BCUT2D eigenvalue weighted by Gasteiger charge is 2.25. The van der Waals surface area contributed by atoms with Crippen molar-refractivity contribution in [2.45, 2.75) is 25.7 Å². The minimum absolute atomic E-state index is 0.0108. The smallest absolute Gasteiger partial charge is 0.248 e. The average Bonchev–Trinajstić information content (AvgIpc) is 2.40. The van der Waals surface area contributed by atoms with Gasteiger partial charge in [0, 0.05) is 30.9 Å². The molecule has 6 heteroatoms. The van der Waals surface area contributed by atoms with E-state index in [-0.39, 0.29) is 18.8 Å². The van der Waals surface area contributed by atoms with Crippen LogP contribution in [-0.2, 0) is 11.3 Å². The molecule has 5 N–H and O–H groups in total. The summed E-state index contributed by atoms with van der Waals surface area (Å²) in [7, 11) is 0. The molecule has 1 aromatic carbocycles. The van der Waals surface area contributed by atoms with Crippen LogP contribution < -0.4 is 11.5 Å². The van der Waals surface area contributed by atoms with Crippen LogP contribution in [0.2, 0.25) is 0 Å². The van der Waals surface area contributed by atoms with Crippen molar-refractivity contribution in [1.29, 1.82) is 0 Å². The predicted octanol–water partition coefficient (Wildman–Crippen LogP) is -0.0507. The standard InChI is InChI=1S/C14H21N3O3/c1-9-5-17(7-12(8-18)20-9)6-11-3-2-10(14(16)19)4-13(11)15/h2-4,9,12,18H,5-8,15H2,1H3,(H2,16,19). The number of carbonyl (C=O) groups is 1. The Morgan fingerprint density at radius 2 is 2.25 bits per heavy atom. The Morgan fingerprint density at radius 1 is 1.50 bits per heavy atom. The van der Waals surface area contributed by atoms with Crippen molar-refractivity contribution in [3.05, 3.63) is 29.3 Å². The van der Waals surface area contributed by atoms with Crippen LogP contribution in [0, 0.1) is 0 Å². The van der Waals surface area contributed by atoms with E-state index in [4.69, 9.17) is 16.2 Å². The highest BCUT2D eigenvalue weighted by atomic mass is 16.5. The van der Waals surface area contributed by atoms with Gasteiger partial charge in [0.1, 0.15) is 0 Å². The van der Waals surface area contributed by atoms with Gasteiger partial charge in [-0.1, -0.05) is 6.07 Å². The number of nitrogens with two attached hydrogens (primary N) is 2. The number of primary amides is 1. The summed E-state index contributed by atoms with van der Waals surface area (Å²) < 4.78 is 5.60. The lowest BCUT2D eigenvalue weighted by Gasteiger charge is -2.36. The number of hydrogen-bond acceptors (Lipinski definition) is 5. The summed E-state index contributed by atoms with van der Waals surface area (Å²) >= 11 is 0. The molecule has 1 aliphatic heterocycles. The van der Waals surface area contributed by atoms with Crippen molar-refractivity contribution >= 4 is 11.6 Å². The van der Waals surface area contributed by atoms with E-state index >= 15 is 0 Å². The summed E-state index contributed by atoms with van der Waals surface area (Å²) in [6, 6.07) is 5.11. The second kappa shape index (κ2) is 6.21. The number of benzene rings is 1. The number of nitrogens with zero attached hydrogens (tertiary/aromatic N) is 1.